The summed E-state index contributed by atoms with van der Waals surface area (Å²) in [5, 5.41) is 3.81. The summed E-state index contributed by atoms with van der Waals surface area (Å²) >= 11 is 0. The highest BCUT2D eigenvalue weighted by Crippen LogP contribution is 2.27. The van der Waals surface area contributed by atoms with Crippen LogP contribution in [0.1, 0.15) is 56.1 Å². The summed E-state index contributed by atoms with van der Waals surface area (Å²) in [6.07, 6.45) is 12.3. The third-order valence-electron chi connectivity index (χ3n) is 5.35. The molecule has 2 aliphatic rings. The van der Waals surface area contributed by atoms with Gasteiger partial charge < -0.3 is 10.1 Å². The molecule has 1 atom stereocenters. The van der Waals surface area contributed by atoms with Crippen molar-refractivity contribution < 1.29 is 4.74 Å². The van der Waals surface area contributed by atoms with E-state index in [-0.39, 0.29) is 0 Å². The van der Waals surface area contributed by atoms with Crippen molar-refractivity contribution in [3.63, 3.8) is 0 Å². The van der Waals surface area contributed by atoms with Crippen LogP contribution in [0.4, 0.5) is 0 Å². The second kappa shape index (κ2) is 7.31. The van der Waals surface area contributed by atoms with Crippen LogP contribution in [-0.4, -0.2) is 19.7 Å². The Labute approximate surface area is 129 Å². The summed E-state index contributed by atoms with van der Waals surface area (Å²) in [6.45, 7) is 1.20. The zero-order valence-electron chi connectivity index (χ0n) is 13.4. The topological polar surface area (TPSA) is 21.3 Å². The van der Waals surface area contributed by atoms with Crippen molar-refractivity contribution in [1.29, 1.82) is 0 Å². The van der Waals surface area contributed by atoms with Gasteiger partial charge in [0.05, 0.1) is 7.11 Å². The minimum atomic E-state index is 0.660. The first-order chi connectivity index (χ1) is 10.3. The van der Waals surface area contributed by atoms with E-state index < -0.39 is 0 Å². The van der Waals surface area contributed by atoms with Crippen molar-refractivity contribution in [2.75, 3.05) is 13.7 Å². The Bertz CT molecular complexity index is 451. The van der Waals surface area contributed by atoms with Crippen LogP contribution in [-0.2, 0) is 12.8 Å². The van der Waals surface area contributed by atoms with Crippen LogP contribution in [0.5, 0.6) is 5.75 Å². The van der Waals surface area contributed by atoms with Crippen molar-refractivity contribution in [2.24, 2.45) is 5.92 Å². The first kappa shape index (κ1) is 14.9. The molecule has 0 radical (unpaired) electrons. The molecule has 1 aromatic carbocycles. The van der Waals surface area contributed by atoms with Crippen LogP contribution in [0.3, 0.4) is 0 Å². The van der Waals surface area contributed by atoms with Crippen LogP contribution in [0.2, 0.25) is 0 Å². The van der Waals surface area contributed by atoms with E-state index in [4.69, 9.17) is 4.74 Å². The van der Waals surface area contributed by atoms with Gasteiger partial charge in [0.1, 0.15) is 5.75 Å². The van der Waals surface area contributed by atoms with Gasteiger partial charge in [0, 0.05) is 6.04 Å². The zero-order valence-corrected chi connectivity index (χ0v) is 13.4. The fourth-order valence-electron chi connectivity index (χ4n) is 4.00. The minimum absolute atomic E-state index is 0.660. The van der Waals surface area contributed by atoms with E-state index in [0.717, 1.165) is 18.1 Å². The maximum atomic E-state index is 5.36. The molecular weight excluding hydrogens is 258 g/mol. The summed E-state index contributed by atoms with van der Waals surface area (Å²) in [5.41, 5.74) is 3.00. The Hall–Kier alpha value is -1.02. The van der Waals surface area contributed by atoms with Gasteiger partial charge in [0.2, 0.25) is 0 Å². The summed E-state index contributed by atoms with van der Waals surface area (Å²) in [6, 6.07) is 7.22. The second-order valence-corrected chi connectivity index (χ2v) is 6.82. The molecule has 1 saturated carbocycles. The molecule has 0 bridgehead atoms. The Morgan fingerprint density at radius 3 is 2.76 bits per heavy atom. The van der Waals surface area contributed by atoms with Crippen molar-refractivity contribution in [3.8, 4) is 5.75 Å². The van der Waals surface area contributed by atoms with Crippen molar-refractivity contribution >= 4 is 0 Å². The molecule has 3 rings (SSSR count). The maximum Gasteiger partial charge on any atom is 0.119 e. The Kier molecular flexibility index (Phi) is 5.18. The molecule has 0 spiro atoms. The van der Waals surface area contributed by atoms with Gasteiger partial charge in [0.15, 0.2) is 0 Å². The van der Waals surface area contributed by atoms with E-state index >= 15 is 0 Å². The monoisotopic (exact) mass is 287 g/mol. The third-order valence-corrected chi connectivity index (χ3v) is 5.35. The molecule has 1 N–H and O–H groups in total. The number of hydrogen-bond acceptors (Lipinski definition) is 2. The lowest BCUT2D eigenvalue weighted by atomic mass is 9.86. The molecule has 21 heavy (non-hydrogen) atoms. The van der Waals surface area contributed by atoms with Gasteiger partial charge in [-0.3, -0.25) is 0 Å². The summed E-state index contributed by atoms with van der Waals surface area (Å²) in [4.78, 5) is 0. The maximum absolute atomic E-state index is 5.36. The van der Waals surface area contributed by atoms with Crippen LogP contribution in [0.15, 0.2) is 18.2 Å². The lowest BCUT2D eigenvalue weighted by molar-refractivity contribution is 0.323. The van der Waals surface area contributed by atoms with Crippen molar-refractivity contribution in [2.45, 2.75) is 63.8 Å². The molecule has 1 unspecified atom stereocenters. The predicted octanol–water partition coefficient (Wildman–Crippen LogP) is 4.11. The molecule has 0 aromatic heterocycles. The molecule has 0 amide bonds. The van der Waals surface area contributed by atoms with Crippen LogP contribution in [0, 0.1) is 5.92 Å². The van der Waals surface area contributed by atoms with Crippen LogP contribution in [0.25, 0.3) is 0 Å². The normalized spacial score (nSPS) is 22.8. The number of ether oxygens (including phenoxy) is 1. The number of fused-ring (bicyclic) bond motifs is 1. The van der Waals surface area contributed by atoms with Gasteiger partial charge in [-0.25, -0.2) is 0 Å². The smallest absolute Gasteiger partial charge is 0.119 e. The molecule has 1 fully saturated rings. The molecule has 0 aliphatic heterocycles. The fourth-order valence-corrected chi connectivity index (χ4v) is 4.00. The highest BCUT2D eigenvalue weighted by atomic mass is 16.5. The lowest BCUT2D eigenvalue weighted by Gasteiger charge is -2.27. The Morgan fingerprint density at radius 1 is 1.10 bits per heavy atom. The molecule has 0 saturated heterocycles. The third kappa shape index (κ3) is 4.00. The summed E-state index contributed by atoms with van der Waals surface area (Å²) < 4.78 is 5.36. The highest BCUT2D eigenvalue weighted by molar-refractivity contribution is 5.37. The van der Waals surface area contributed by atoms with E-state index in [2.05, 4.69) is 23.5 Å². The van der Waals surface area contributed by atoms with E-state index in [1.165, 1.54) is 69.0 Å². The second-order valence-electron chi connectivity index (χ2n) is 6.82. The average Bonchev–Trinajstić information content (AvgIpc) is 2.55. The molecule has 1 aromatic rings. The summed E-state index contributed by atoms with van der Waals surface area (Å²) in [7, 11) is 1.75. The van der Waals surface area contributed by atoms with Crippen LogP contribution < -0.4 is 10.1 Å². The Morgan fingerprint density at radius 2 is 1.95 bits per heavy atom. The number of benzene rings is 1. The molecule has 2 aliphatic carbocycles. The number of nitrogens with one attached hydrogen (secondary N) is 1. The highest BCUT2D eigenvalue weighted by Gasteiger charge is 2.19. The van der Waals surface area contributed by atoms with Crippen LogP contribution >= 0.6 is 0 Å². The summed E-state index contributed by atoms with van der Waals surface area (Å²) in [5.74, 6) is 1.99. The van der Waals surface area contributed by atoms with Gasteiger partial charge in [-0.15, -0.1) is 0 Å². The number of hydrogen-bond donors (Lipinski definition) is 1. The molecule has 116 valence electrons. The molecular formula is C19H29NO. The molecule has 0 heterocycles. The van der Waals surface area contributed by atoms with Crippen molar-refractivity contribution in [1.82, 2.24) is 5.32 Å². The quantitative estimate of drug-likeness (QED) is 0.880. The fraction of sp³-hybridized carbons (Fsp3) is 0.684. The lowest BCUT2D eigenvalue weighted by Crippen LogP contribution is -2.35. The number of aryl methyl sites for hydroxylation is 1. The number of rotatable bonds is 5. The van der Waals surface area contributed by atoms with Gasteiger partial charge in [-0.1, -0.05) is 38.2 Å². The predicted molar refractivity (Wildman–Crippen MR) is 88.0 cm³/mol. The van der Waals surface area contributed by atoms with Gasteiger partial charge in [0.25, 0.3) is 0 Å². The van der Waals surface area contributed by atoms with E-state index in [9.17, 15) is 0 Å². The van der Waals surface area contributed by atoms with E-state index in [1.54, 1.807) is 7.11 Å². The molecule has 2 heteroatoms. The molecule has 2 nitrogen and oxygen atoms in total. The first-order valence-corrected chi connectivity index (χ1v) is 8.74. The Balaban J connectivity index is 1.47. The average molecular weight is 287 g/mol. The van der Waals surface area contributed by atoms with E-state index in [1.807, 2.05) is 0 Å². The minimum Gasteiger partial charge on any atom is -0.497 e. The standard InChI is InChI=1S/C19H29NO/c1-21-19-10-8-16-7-9-18(13-17(16)14-19)20-12-11-15-5-3-2-4-6-15/h8,10,14-15,18,20H,2-7,9,11-13H2,1H3. The number of methoxy groups -OCH3 is 1. The first-order valence-electron chi connectivity index (χ1n) is 8.74. The van der Waals surface area contributed by atoms with E-state index in [0.29, 0.717) is 6.04 Å². The largest absolute Gasteiger partial charge is 0.497 e. The zero-order chi connectivity index (χ0) is 14.5. The van der Waals surface area contributed by atoms with Gasteiger partial charge in [-0.2, -0.15) is 0 Å². The van der Waals surface area contributed by atoms with Gasteiger partial charge >= 0.3 is 0 Å². The van der Waals surface area contributed by atoms with Crippen molar-refractivity contribution in [3.05, 3.63) is 29.3 Å². The SMILES string of the molecule is COc1ccc2c(c1)CC(NCCC1CCCCC1)CC2. The van der Waals surface area contributed by atoms with Gasteiger partial charge in [-0.05, 0) is 61.4 Å².